The Bertz CT molecular complexity index is 817. The molecule has 9 nitrogen and oxygen atoms in total. The molecule has 0 spiro atoms. The zero-order valence-electron chi connectivity index (χ0n) is 17.3. The first-order valence-corrected chi connectivity index (χ1v) is 10.2. The van der Waals surface area contributed by atoms with E-state index >= 15 is 0 Å². The van der Waals surface area contributed by atoms with Crippen LogP contribution in [0.15, 0.2) is 4.52 Å². The number of aromatic nitrogens is 5. The third-order valence-corrected chi connectivity index (χ3v) is 6.09. The molecule has 0 unspecified atom stereocenters. The lowest BCUT2D eigenvalue weighted by atomic mass is 9.72. The number of anilines is 1. The molecule has 2 aromatic heterocycles. The molecule has 0 amide bonds. The number of hydrogen-bond donors (Lipinski definition) is 1. The molecule has 9 heteroatoms. The number of piperidine rings is 1. The maximum absolute atomic E-state index is 9.41. The minimum atomic E-state index is -0.139. The molecular formula is C19H31N7O2. The van der Waals surface area contributed by atoms with Gasteiger partial charge in [0.05, 0.1) is 12.0 Å². The van der Waals surface area contributed by atoms with E-state index < -0.39 is 0 Å². The predicted molar refractivity (Wildman–Crippen MR) is 104 cm³/mol. The molecule has 2 aliphatic heterocycles. The first kappa shape index (κ1) is 19.3. The Labute approximate surface area is 165 Å². The van der Waals surface area contributed by atoms with Crippen molar-refractivity contribution in [1.29, 1.82) is 0 Å². The van der Waals surface area contributed by atoms with E-state index in [0.29, 0.717) is 24.1 Å². The van der Waals surface area contributed by atoms with Crippen molar-refractivity contribution in [3.8, 4) is 0 Å². The number of aliphatic hydroxyl groups is 1. The fraction of sp³-hybridized carbons (Fsp3) is 0.789. The second-order valence-electron chi connectivity index (χ2n) is 8.79. The van der Waals surface area contributed by atoms with Gasteiger partial charge in [0.2, 0.25) is 11.8 Å². The Balaban J connectivity index is 1.69. The summed E-state index contributed by atoms with van der Waals surface area (Å²) in [5.41, 5.74) is -0.139. The van der Waals surface area contributed by atoms with Crippen molar-refractivity contribution in [1.82, 2.24) is 29.8 Å². The topological polar surface area (TPSA) is 96.3 Å². The smallest absolute Gasteiger partial charge is 0.235 e. The molecule has 0 aliphatic carbocycles. The average molecular weight is 390 g/mol. The molecule has 2 aliphatic rings. The molecule has 2 saturated heterocycles. The minimum absolute atomic E-state index is 0.0782. The molecule has 2 fully saturated rings. The Morgan fingerprint density at radius 2 is 2.11 bits per heavy atom. The lowest BCUT2D eigenvalue weighted by Gasteiger charge is -2.39. The van der Waals surface area contributed by atoms with Gasteiger partial charge in [0, 0.05) is 38.5 Å². The van der Waals surface area contributed by atoms with Crippen molar-refractivity contribution in [2.24, 2.45) is 11.8 Å². The van der Waals surface area contributed by atoms with Gasteiger partial charge in [0.25, 0.3) is 0 Å². The first-order chi connectivity index (χ1) is 13.4. The second-order valence-corrected chi connectivity index (χ2v) is 8.79. The Hall–Kier alpha value is -2.00. The lowest BCUT2D eigenvalue weighted by Crippen LogP contribution is -2.48. The molecule has 0 aromatic carbocycles. The standard InChI is InChI=1S/C19H31N7O2/c1-13(2)9-26-16(5-8-27)21-22-18(26)25-11-15-10-24(4)7-6-19(15,12-25)17-20-14(3)23-28-17/h13,15,27H,5-12H2,1-4H3/t15-,19-/m0/s1. The van der Waals surface area contributed by atoms with Gasteiger partial charge in [-0.3, -0.25) is 4.57 Å². The molecule has 0 saturated carbocycles. The van der Waals surface area contributed by atoms with E-state index in [1.54, 1.807) is 0 Å². The molecule has 2 aromatic rings. The van der Waals surface area contributed by atoms with Crippen molar-refractivity contribution < 1.29 is 9.63 Å². The van der Waals surface area contributed by atoms with E-state index in [1.807, 2.05) is 6.92 Å². The third-order valence-electron chi connectivity index (χ3n) is 6.09. The molecule has 4 rings (SSSR count). The number of aryl methyl sites for hydroxylation is 1. The Kier molecular flexibility index (Phi) is 5.13. The van der Waals surface area contributed by atoms with Crippen LogP contribution in [0.25, 0.3) is 0 Å². The minimum Gasteiger partial charge on any atom is -0.396 e. The highest BCUT2D eigenvalue weighted by Crippen LogP contribution is 2.45. The quantitative estimate of drug-likeness (QED) is 0.777. The van der Waals surface area contributed by atoms with Crippen LogP contribution in [0, 0.1) is 18.8 Å². The van der Waals surface area contributed by atoms with Crippen LogP contribution >= 0.6 is 0 Å². The summed E-state index contributed by atoms with van der Waals surface area (Å²) in [5, 5.41) is 22.4. The average Bonchev–Trinajstić information content (AvgIpc) is 3.33. The number of aliphatic hydroxyl groups excluding tert-OH is 1. The SMILES string of the molecule is Cc1noc([C@]23CCN(C)C[C@H]2CN(c2nnc(CCO)n2CC(C)C)C3)n1. The van der Waals surface area contributed by atoms with Crippen LogP contribution in [-0.2, 0) is 18.4 Å². The van der Waals surface area contributed by atoms with Crippen molar-refractivity contribution in [2.45, 2.75) is 45.6 Å². The first-order valence-electron chi connectivity index (χ1n) is 10.2. The maximum Gasteiger partial charge on any atom is 0.235 e. The van der Waals surface area contributed by atoms with Gasteiger partial charge in [-0.15, -0.1) is 10.2 Å². The maximum atomic E-state index is 9.41. The second kappa shape index (κ2) is 7.44. The van der Waals surface area contributed by atoms with Crippen LogP contribution in [0.2, 0.25) is 0 Å². The van der Waals surface area contributed by atoms with E-state index in [1.165, 1.54) is 0 Å². The summed E-state index contributed by atoms with van der Waals surface area (Å²) < 4.78 is 7.86. The van der Waals surface area contributed by atoms with E-state index in [2.05, 4.69) is 55.6 Å². The van der Waals surface area contributed by atoms with Crippen molar-refractivity contribution in [3.05, 3.63) is 17.5 Å². The zero-order valence-corrected chi connectivity index (χ0v) is 17.3. The highest BCUT2D eigenvalue weighted by atomic mass is 16.5. The Morgan fingerprint density at radius 1 is 1.29 bits per heavy atom. The molecule has 0 radical (unpaired) electrons. The fourth-order valence-electron chi connectivity index (χ4n) is 4.75. The summed E-state index contributed by atoms with van der Waals surface area (Å²) in [5.74, 6) is 4.06. The van der Waals surface area contributed by atoms with E-state index in [4.69, 9.17) is 4.52 Å². The summed E-state index contributed by atoms with van der Waals surface area (Å²) >= 11 is 0. The van der Waals surface area contributed by atoms with Gasteiger partial charge in [0.15, 0.2) is 5.82 Å². The monoisotopic (exact) mass is 389 g/mol. The highest BCUT2D eigenvalue weighted by molar-refractivity contribution is 5.39. The van der Waals surface area contributed by atoms with Crippen LogP contribution in [0.4, 0.5) is 5.95 Å². The molecule has 2 atom stereocenters. The molecule has 154 valence electrons. The van der Waals surface area contributed by atoms with Gasteiger partial charge in [-0.05, 0) is 32.9 Å². The zero-order chi connectivity index (χ0) is 19.9. The predicted octanol–water partition coefficient (Wildman–Crippen LogP) is 0.870. The molecule has 1 N–H and O–H groups in total. The summed E-state index contributed by atoms with van der Waals surface area (Å²) in [7, 11) is 2.17. The van der Waals surface area contributed by atoms with Gasteiger partial charge in [0.1, 0.15) is 5.82 Å². The lowest BCUT2D eigenvalue weighted by molar-refractivity contribution is 0.118. The molecular weight excluding hydrogens is 358 g/mol. The van der Waals surface area contributed by atoms with E-state index in [-0.39, 0.29) is 12.0 Å². The van der Waals surface area contributed by atoms with Crippen LogP contribution in [0.3, 0.4) is 0 Å². The number of nitrogens with zero attached hydrogens (tertiary/aromatic N) is 7. The highest BCUT2D eigenvalue weighted by Gasteiger charge is 2.54. The van der Waals surface area contributed by atoms with E-state index in [0.717, 1.165) is 56.8 Å². The van der Waals surface area contributed by atoms with Crippen LogP contribution in [0.1, 0.15) is 37.8 Å². The number of fused-ring (bicyclic) bond motifs is 1. The summed E-state index contributed by atoms with van der Waals surface area (Å²) in [6, 6.07) is 0. The molecule has 0 bridgehead atoms. The summed E-state index contributed by atoms with van der Waals surface area (Å²) in [4.78, 5) is 9.34. The van der Waals surface area contributed by atoms with Crippen molar-refractivity contribution in [3.63, 3.8) is 0 Å². The van der Waals surface area contributed by atoms with Gasteiger partial charge in [-0.1, -0.05) is 19.0 Å². The summed E-state index contributed by atoms with van der Waals surface area (Å²) in [6.07, 6.45) is 1.52. The third kappa shape index (κ3) is 3.30. The number of rotatable bonds is 6. The Morgan fingerprint density at radius 3 is 2.79 bits per heavy atom. The van der Waals surface area contributed by atoms with Crippen LogP contribution in [-0.4, -0.2) is 74.7 Å². The normalized spacial score (nSPS) is 25.6. The van der Waals surface area contributed by atoms with Gasteiger partial charge < -0.3 is 19.4 Å². The molecule has 4 heterocycles. The largest absolute Gasteiger partial charge is 0.396 e. The van der Waals surface area contributed by atoms with Gasteiger partial charge in [-0.25, -0.2) is 0 Å². The van der Waals surface area contributed by atoms with Gasteiger partial charge >= 0.3 is 0 Å². The van der Waals surface area contributed by atoms with Crippen LogP contribution in [0.5, 0.6) is 0 Å². The van der Waals surface area contributed by atoms with Crippen molar-refractivity contribution >= 4 is 5.95 Å². The van der Waals surface area contributed by atoms with Gasteiger partial charge in [-0.2, -0.15) is 4.98 Å². The fourth-order valence-corrected chi connectivity index (χ4v) is 4.75. The van der Waals surface area contributed by atoms with Crippen LogP contribution < -0.4 is 4.90 Å². The number of hydrogen-bond acceptors (Lipinski definition) is 8. The van der Waals surface area contributed by atoms with E-state index in [9.17, 15) is 5.11 Å². The molecule has 28 heavy (non-hydrogen) atoms. The van der Waals surface area contributed by atoms with Crippen molar-refractivity contribution in [2.75, 3.05) is 44.7 Å². The summed E-state index contributed by atoms with van der Waals surface area (Å²) in [6.45, 7) is 10.9. The number of likely N-dealkylation sites (tertiary alicyclic amines) is 1.